The van der Waals surface area contributed by atoms with Gasteiger partial charge in [0.25, 0.3) is 5.56 Å². The molecule has 4 heterocycles. The maximum atomic E-state index is 13.9. The number of nitrogens with two attached hydrogens (primary N) is 1. The normalized spacial score (nSPS) is 17.3. The number of fused-ring (bicyclic) bond motifs is 3. The van der Waals surface area contributed by atoms with Crippen LogP contribution < -0.4 is 21.9 Å². The summed E-state index contributed by atoms with van der Waals surface area (Å²) in [7, 11) is 1.68. The van der Waals surface area contributed by atoms with Gasteiger partial charge in [-0.2, -0.15) is 4.98 Å². The predicted octanol–water partition coefficient (Wildman–Crippen LogP) is 2.57. The first-order valence-corrected chi connectivity index (χ1v) is 12.9. The smallest absolute Gasteiger partial charge is 0.332 e. The zero-order chi connectivity index (χ0) is 25.7. The number of para-hydroxylation sites is 1. The third kappa shape index (κ3) is 3.90. The third-order valence-electron chi connectivity index (χ3n) is 7.53. The third-order valence-corrected chi connectivity index (χ3v) is 7.53. The first-order chi connectivity index (χ1) is 18.0. The van der Waals surface area contributed by atoms with Gasteiger partial charge in [-0.05, 0) is 37.0 Å². The highest BCUT2D eigenvalue weighted by Gasteiger charge is 2.26. The van der Waals surface area contributed by atoms with Gasteiger partial charge in [-0.1, -0.05) is 42.5 Å². The number of hydrogen-bond donors (Lipinski definition) is 1. The quantitative estimate of drug-likeness (QED) is 0.467. The number of aromatic nitrogens is 4. The van der Waals surface area contributed by atoms with Crippen LogP contribution in [0.2, 0.25) is 0 Å². The van der Waals surface area contributed by atoms with Crippen LogP contribution in [0.4, 0.5) is 11.6 Å². The summed E-state index contributed by atoms with van der Waals surface area (Å²) in [6, 6.07) is 16.2. The highest BCUT2D eigenvalue weighted by molar-refractivity contribution is 6.04. The van der Waals surface area contributed by atoms with Crippen molar-refractivity contribution in [2.45, 2.75) is 45.3 Å². The van der Waals surface area contributed by atoms with Gasteiger partial charge in [0.15, 0.2) is 11.2 Å². The lowest BCUT2D eigenvalue weighted by atomic mass is 9.98. The van der Waals surface area contributed by atoms with Gasteiger partial charge < -0.3 is 15.2 Å². The summed E-state index contributed by atoms with van der Waals surface area (Å²) < 4.78 is 4.70. The number of rotatable bonds is 4. The number of anilines is 1. The van der Waals surface area contributed by atoms with Crippen LogP contribution in [0, 0.1) is 0 Å². The molecule has 2 aliphatic rings. The fourth-order valence-electron chi connectivity index (χ4n) is 5.64. The van der Waals surface area contributed by atoms with Crippen LogP contribution in [0.25, 0.3) is 11.2 Å². The Hall–Kier alpha value is -3.98. The Kier molecular flexibility index (Phi) is 5.79. The largest absolute Gasteiger partial charge is 0.341 e. The van der Waals surface area contributed by atoms with E-state index < -0.39 is 5.69 Å². The molecule has 9 heteroatoms. The second-order valence-corrected chi connectivity index (χ2v) is 9.93. The molecule has 0 radical (unpaired) electrons. The van der Waals surface area contributed by atoms with Crippen LogP contribution in [0.15, 0.2) is 63.1 Å². The zero-order valence-electron chi connectivity index (χ0n) is 21.2. The van der Waals surface area contributed by atoms with E-state index >= 15 is 0 Å². The maximum Gasteiger partial charge on any atom is 0.332 e. The molecule has 2 aromatic heterocycles. The summed E-state index contributed by atoms with van der Waals surface area (Å²) in [6.07, 6.45) is 2.69. The molecule has 9 nitrogen and oxygen atoms in total. The van der Waals surface area contributed by atoms with Crippen LogP contribution in [0.5, 0.6) is 0 Å². The number of aryl methyl sites for hydroxylation is 2. The number of hydrogen-bond acceptors (Lipinski definition) is 6. The van der Waals surface area contributed by atoms with Crippen LogP contribution in [0.3, 0.4) is 0 Å². The van der Waals surface area contributed by atoms with Gasteiger partial charge in [-0.15, -0.1) is 0 Å². The van der Waals surface area contributed by atoms with Crippen molar-refractivity contribution >= 4 is 28.5 Å². The van der Waals surface area contributed by atoms with E-state index in [0.29, 0.717) is 35.9 Å². The summed E-state index contributed by atoms with van der Waals surface area (Å²) >= 11 is 0. The topological polar surface area (TPSA) is 103 Å². The van der Waals surface area contributed by atoms with E-state index in [1.54, 1.807) is 7.05 Å². The Bertz CT molecular complexity index is 1660. The molecule has 1 saturated heterocycles. The molecule has 2 N–H and O–H groups in total. The van der Waals surface area contributed by atoms with Gasteiger partial charge >= 0.3 is 5.69 Å². The highest BCUT2D eigenvalue weighted by Crippen LogP contribution is 2.29. The summed E-state index contributed by atoms with van der Waals surface area (Å²) in [5.74, 6) is 0.698. The molecule has 0 aliphatic carbocycles. The van der Waals surface area contributed by atoms with E-state index in [1.165, 1.54) is 9.13 Å². The molecule has 0 amide bonds. The minimum absolute atomic E-state index is 0.0653. The molecule has 1 fully saturated rings. The van der Waals surface area contributed by atoms with Crippen LogP contribution in [-0.4, -0.2) is 43.5 Å². The molecular weight excluding hydrogens is 466 g/mol. The number of piperidine rings is 1. The number of aliphatic imine (C=N–C) groups is 1. The second kappa shape index (κ2) is 9.15. The van der Waals surface area contributed by atoms with Crippen molar-refractivity contribution in [2.24, 2.45) is 17.8 Å². The molecule has 37 heavy (non-hydrogen) atoms. The first kappa shape index (κ1) is 23.4. The number of benzene rings is 2. The minimum Gasteiger partial charge on any atom is -0.341 e. The van der Waals surface area contributed by atoms with Gasteiger partial charge in [0, 0.05) is 44.7 Å². The molecule has 0 unspecified atom stereocenters. The van der Waals surface area contributed by atoms with E-state index in [-0.39, 0.29) is 18.1 Å². The molecule has 190 valence electrons. The molecule has 0 spiro atoms. The minimum atomic E-state index is -0.405. The van der Waals surface area contributed by atoms with Crippen molar-refractivity contribution in [2.75, 3.05) is 18.0 Å². The predicted molar refractivity (Wildman–Crippen MR) is 146 cm³/mol. The van der Waals surface area contributed by atoms with Gasteiger partial charge in [0.05, 0.1) is 17.9 Å². The van der Waals surface area contributed by atoms with E-state index in [4.69, 9.17) is 15.7 Å². The van der Waals surface area contributed by atoms with Crippen molar-refractivity contribution in [3.63, 3.8) is 0 Å². The van der Waals surface area contributed by atoms with E-state index in [0.717, 1.165) is 48.2 Å². The van der Waals surface area contributed by atoms with Crippen molar-refractivity contribution in [3.05, 3.63) is 86.1 Å². The Morgan fingerprint density at radius 3 is 2.57 bits per heavy atom. The zero-order valence-corrected chi connectivity index (χ0v) is 21.2. The highest BCUT2D eigenvalue weighted by atomic mass is 16.2. The molecule has 1 atom stereocenters. The van der Waals surface area contributed by atoms with Crippen molar-refractivity contribution < 1.29 is 0 Å². The lowest BCUT2D eigenvalue weighted by Gasteiger charge is -2.31. The standard InChI is InChI=1S/C28H31N7O2/c1-3-34-24-25(31-27(34)33-14-8-11-20(29)16-33)32(2)28(37)35(26(24)36)17-23-21-12-6-4-9-18(21)15-19-10-5-7-13-22(19)30-23/h4-7,9-10,12-13,20H,3,8,11,14-17,29H2,1-2H3/t20-/m1/s1. The molecule has 2 aliphatic heterocycles. The van der Waals surface area contributed by atoms with E-state index in [2.05, 4.69) is 17.0 Å². The first-order valence-electron chi connectivity index (χ1n) is 12.9. The van der Waals surface area contributed by atoms with Gasteiger partial charge in [-0.3, -0.25) is 18.9 Å². The lowest BCUT2D eigenvalue weighted by Crippen LogP contribution is -2.44. The van der Waals surface area contributed by atoms with E-state index in [9.17, 15) is 9.59 Å². The average molecular weight is 498 g/mol. The Morgan fingerprint density at radius 1 is 1.03 bits per heavy atom. The van der Waals surface area contributed by atoms with Crippen molar-refractivity contribution in [1.29, 1.82) is 0 Å². The Labute approximate surface area is 214 Å². The van der Waals surface area contributed by atoms with Gasteiger partial charge in [-0.25, -0.2) is 4.79 Å². The van der Waals surface area contributed by atoms with Crippen LogP contribution in [-0.2, 0) is 26.6 Å². The van der Waals surface area contributed by atoms with Gasteiger partial charge in [0.2, 0.25) is 5.95 Å². The van der Waals surface area contributed by atoms with Crippen LogP contribution >= 0.6 is 0 Å². The maximum absolute atomic E-state index is 13.9. The molecular formula is C28H31N7O2. The van der Waals surface area contributed by atoms with E-state index in [1.807, 2.05) is 47.9 Å². The van der Waals surface area contributed by atoms with Crippen molar-refractivity contribution in [3.8, 4) is 0 Å². The fourth-order valence-corrected chi connectivity index (χ4v) is 5.64. The van der Waals surface area contributed by atoms with Crippen LogP contribution in [0.1, 0.15) is 36.5 Å². The second-order valence-electron chi connectivity index (χ2n) is 9.93. The molecule has 0 saturated carbocycles. The average Bonchev–Trinajstić information content (AvgIpc) is 3.23. The summed E-state index contributed by atoms with van der Waals surface area (Å²) in [5, 5.41) is 0. The summed E-state index contributed by atoms with van der Waals surface area (Å²) in [6.45, 7) is 4.13. The molecule has 4 aromatic rings. The Morgan fingerprint density at radius 2 is 1.78 bits per heavy atom. The fraction of sp³-hybridized carbons (Fsp3) is 0.357. The lowest BCUT2D eigenvalue weighted by molar-refractivity contribution is 0.494. The molecule has 6 rings (SSSR count). The monoisotopic (exact) mass is 497 g/mol. The summed E-state index contributed by atoms with van der Waals surface area (Å²) in [5.41, 5.74) is 11.1. The number of imidazole rings is 1. The van der Waals surface area contributed by atoms with Gasteiger partial charge in [0.1, 0.15) is 0 Å². The number of nitrogens with zero attached hydrogens (tertiary/aromatic N) is 6. The van der Waals surface area contributed by atoms with Crippen molar-refractivity contribution in [1.82, 2.24) is 18.7 Å². The SMILES string of the molecule is CCn1c(N2CCC[C@@H](N)C2)nc2c1c(=O)n(CC1=Nc3ccccc3Cc3ccccc31)c(=O)n2C. The molecule has 2 aromatic carbocycles. The summed E-state index contributed by atoms with van der Waals surface area (Å²) in [4.78, 5) is 39.4. The Balaban J connectivity index is 1.52. The molecule has 0 bridgehead atoms.